The topological polar surface area (TPSA) is 26.3 Å². The lowest BCUT2D eigenvalue weighted by Crippen LogP contribution is -2.16. The summed E-state index contributed by atoms with van der Waals surface area (Å²) >= 11 is 0. The molecule has 0 fully saturated rings. The van der Waals surface area contributed by atoms with Crippen LogP contribution >= 0.6 is 0 Å². The molecule has 20 heavy (non-hydrogen) atoms. The highest BCUT2D eigenvalue weighted by Crippen LogP contribution is 2.12. The van der Waals surface area contributed by atoms with Crippen molar-refractivity contribution in [2.45, 2.75) is 104 Å². The maximum absolute atomic E-state index is 11.0. The summed E-state index contributed by atoms with van der Waals surface area (Å²) in [6.45, 7) is 5.57. The molecule has 2 nitrogen and oxygen atoms in total. The maximum atomic E-state index is 11.0. The third kappa shape index (κ3) is 16.0. The second-order valence-corrected chi connectivity index (χ2v) is 6.12. The zero-order valence-corrected chi connectivity index (χ0v) is 14.2. The first-order valence-corrected chi connectivity index (χ1v) is 9.23. The van der Waals surface area contributed by atoms with Gasteiger partial charge in [0.1, 0.15) is 0 Å². The van der Waals surface area contributed by atoms with Crippen molar-refractivity contribution in [3.05, 3.63) is 5.21 Å². The van der Waals surface area contributed by atoms with Crippen LogP contribution in [0.4, 0.5) is 0 Å². The molecule has 0 aliphatic rings. The third-order valence-electron chi connectivity index (χ3n) is 4.11. The molecule has 0 atom stereocenters. The first kappa shape index (κ1) is 19.9. The van der Waals surface area contributed by atoms with Crippen molar-refractivity contribution in [2.24, 2.45) is 0 Å². The molecule has 0 amide bonds. The van der Waals surface area contributed by atoms with Crippen LogP contribution < -0.4 is 0 Å². The lowest BCUT2D eigenvalue weighted by atomic mass is 10.0. The van der Waals surface area contributed by atoms with E-state index in [0.717, 1.165) is 13.0 Å². The van der Waals surface area contributed by atoms with Gasteiger partial charge in [0, 0.05) is 0 Å². The molecule has 0 saturated heterocycles. The van der Waals surface area contributed by atoms with Gasteiger partial charge in [-0.1, -0.05) is 97.3 Å². The quantitative estimate of drug-likeness (QED) is 0.246. The van der Waals surface area contributed by atoms with E-state index in [1.807, 2.05) is 6.92 Å². The second-order valence-electron chi connectivity index (χ2n) is 6.12. The highest BCUT2D eigenvalue weighted by atomic mass is 16.5. The molecule has 2 heteroatoms. The highest BCUT2D eigenvalue weighted by molar-refractivity contribution is 4.54. The molecule has 0 saturated carbocycles. The largest absolute Gasteiger partial charge is 0.785 e. The number of hydrogen-bond donors (Lipinski definition) is 0. The van der Waals surface area contributed by atoms with E-state index in [-0.39, 0.29) is 0 Å². The molecule has 0 radical (unpaired) electrons. The van der Waals surface area contributed by atoms with Crippen molar-refractivity contribution < 1.29 is 0 Å². The minimum atomic E-state index is 0.637. The van der Waals surface area contributed by atoms with E-state index in [1.165, 1.54) is 88.5 Å². The van der Waals surface area contributed by atoms with E-state index in [9.17, 15) is 5.21 Å². The van der Waals surface area contributed by atoms with Crippen LogP contribution in [-0.4, -0.2) is 18.2 Å². The Balaban J connectivity index is 2.96. The molecular weight excluding hydrogens is 246 g/mol. The Morgan fingerprint density at radius 3 is 1.25 bits per heavy atom. The summed E-state index contributed by atoms with van der Waals surface area (Å²) in [5, 5.41) is 12.2. The Morgan fingerprint density at radius 1 is 0.550 bits per heavy atom. The molecule has 0 heterocycles. The van der Waals surface area contributed by atoms with Crippen LogP contribution in [-0.2, 0) is 0 Å². The molecule has 122 valence electrons. The molecule has 0 bridgehead atoms. The molecule has 0 unspecified atom stereocenters. The first-order valence-electron chi connectivity index (χ1n) is 9.23. The Labute approximate surface area is 127 Å². The minimum Gasteiger partial charge on any atom is -0.785 e. The van der Waals surface area contributed by atoms with E-state index >= 15 is 0 Å². The SMILES string of the molecule is CCCCCCCCCCCCCCCCN([O-])CC. The zero-order chi connectivity index (χ0) is 14.9. The van der Waals surface area contributed by atoms with Gasteiger partial charge in [-0.2, -0.15) is 0 Å². The van der Waals surface area contributed by atoms with Crippen LogP contribution in [0.15, 0.2) is 0 Å². The van der Waals surface area contributed by atoms with Crippen molar-refractivity contribution >= 4 is 0 Å². The fourth-order valence-electron chi connectivity index (χ4n) is 2.64. The smallest absolute Gasteiger partial charge is 0.0145 e. The summed E-state index contributed by atoms with van der Waals surface area (Å²) in [6.07, 6.45) is 19.2. The highest BCUT2D eigenvalue weighted by Gasteiger charge is 1.94. The van der Waals surface area contributed by atoms with Crippen molar-refractivity contribution in [2.75, 3.05) is 13.1 Å². The maximum Gasteiger partial charge on any atom is -0.0145 e. The molecule has 0 rings (SSSR count). The molecule has 0 N–H and O–H groups in total. The number of hydroxylamine groups is 2. The van der Waals surface area contributed by atoms with Gasteiger partial charge in [0.2, 0.25) is 0 Å². The molecule has 0 aromatic heterocycles. The van der Waals surface area contributed by atoms with Crippen LogP contribution in [0.25, 0.3) is 0 Å². The normalized spacial score (nSPS) is 11.4. The second kappa shape index (κ2) is 17.0. The van der Waals surface area contributed by atoms with Crippen LogP contribution in [0.5, 0.6) is 0 Å². The average molecular weight is 285 g/mol. The zero-order valence-electron chi connectivity index (χ0n) is 14.2. The number of unbranched alkanes of at least 4 members (excludes halogenated alkanes) is 13. The van der Waals surface area contributed by atoms with Crippen molar-refractivity contribution in [1.29, 1.82) is 0 Å². The monoisotopic (exact) mass is 284 g/mol. The van der Waals surface area contributed by atoms with Crippen molar-refractivity contribution in [3.63, 3.8) is 0 Å². The standard InChI is InChI=1S/C18H38NO/c1-3-5-6-7-8-9-10-11-12-13-14-15-16-17-18-19(20)4-2/h3-18H2,1-2H3/q-1. The van der Waals surface area contributed by atoms with Gasteiger partial charge in [0.25, 0.3) is 0 Å². The fraction of sp³-hybridized carbons (Fsp3) is 1.00. The van der Waals surface area contributed by atoms with Gasteiger partial charge in [-0.05, 0) is 19.5 Å². The van der Waals surface area contributed by atoms with Gasteiger partial charge in [0.15, 0.2) is 0 Å². The summed E-state index contributed by atoms with van der Waals surface area (Å²) in [5.74, 6) is 0. The summed E-state index contributed by atoms with van der Waals surface area (Å²) < 4.78 is 0. The van der Waals surface area contributed by atoms with Gasteiger partial charge < -0.3 is 10.3 Å². The molecular formula is C18H38NO-. The first-order chi connectivity index (χ1) is 9.81. The van der Waals surface area contributed by atoms with Crippen LogP contribution in [0.1, 0.15) is 104 Å². The lowest BCUT2D eigenvalue weighted by Gasteiger charge is -2.25. The Morgan fingerprint density at radius 2 is 0.900 bits per heavy atom. The Bertz CT molecular complexity index is 173. The summed E-state index contributed by atoms with van der Waals surface area (Å²) in [6, 6.07) is 0. The minimum absolute atomic E-state index is 0.637. The molecule has 0 aliphatic carbocycles. The fourth-order valence-corrected chi connectivity index (χ4v) is 2.64. The number of rotatable bonds is 16. The van der Waals surface area contributed by atoms with Gasteiger partial charge in [0.05, 0.1) is 0 Å². The van der Waals surface area contributed by atoms with E-state index < -0.39 is 0 Å². The lowest BCUT2D eigenvalue weighted by molar-refractivity contribution is 0.380. The number of hydrogen-bond acceptors (Lipinski definition) is 2. The van der Waals surface area contributed by atoms with Crippen LogP contribution in [0, 0.1) is 5.21 Å². The van der Waals surface area contributed by atoms with Gasteiger partial charge in [-0.25, -0.2) is 0 Å². The predicted octanol–water partition coefficient (Wildman–Crippen LogP) is 6.29. The van der Waals surface area contributed by atoms with Crippen LogP contribution in [0.2, 0.25) is 0 Å². The number of nitrogens with zero attached hydrogens (tertiary/aromatic N) is 1. The van der Waals surface area contributed by atoms with E-state index in [4.69, 9.17) is 0 Å². The van der Waals surface area contributed by atoms with E-state index in [1.54, 1.807) is 0 Å². The molecule has 0 aromatic rings. The van der Waals surface area contributed by atoms with E-state index in [2.05, 4.69) is 6.92 Å². The van der Waals surface area contributed by atoms with Crippen LogP contribution in [0.3, 0.4) is 0 Å². The summed E-state index contributed by atoms with van der Waals surface area (Å²) in [5.41, 5.74) is 0. The Kier molecular flexibility index (Phi) is 16.9. The third-order valence-corrected chi connectivity index (χ3v) is 4.11. The summed E-state index contributed by atoms with van der Waals surface area (Å²) in [7, 11) is 0. The Hall–Kier alpha value is -0.0800. The molecule has 0 aromatic carbocycles. The molecule has 0 spiro atoms. The van der Waals surface area contributed by atoms with Gasteiger partial charge >= 0.3 is 0 Å². The van der Waals surface area contributed by atoms with Gasteiger partial charge in [-0.15, -0.1) is 0 Å². The van der Waals surface area contributed by atoms with Crippen molar-refractivity contribution in [1.82, 2.24) is 5.06 Å². The average Bonchev–Trinajstić information content (AvgIpc) is 2.47. The molecule has 0 aliphatic heterocycles. The predicted molar refractivity (Wildman–Crippen MR) is 90.9 cm³/mol. The van der Waals surface area contributed by atoms with E-state index in [0.29, 0.717) is 6.54 Å². The van der Waals surface area contributed by atoms with Gasteiger partial charge in [-0.3, -0.25) is 0 Å². The van der Waals surface area contributed by atoms with Crippen molar-refractivity contribution in [3.8, 4) is 0 Å². The summed E-state index contributed by atoms with van der Waals surface area (Å²) in [4.78, 5) is 0.